The second-order valence-corrected chi connectivity index (χ2v) is 6.03. The third kappa shape index (κ3) is 3.35. The summed E-state index contributed by atoms with van der Waals surface area (Å²) in [6.45, 7) is 11.1. The summed E-state index contributed by atoms with van der Waals surface area (Å²) in [4.78, 5) is 14.5. The molecule has 2 fully saturated rings. The number of hydrogen-bond acceptors (Lipinski definition) is 5. The van der Waals surface area contributed by atoms with Crippen molar-refractivity contribution in [2.45, 2.75) is 39.2 Å². The Morgan fingerprint density at radius 1 is 1.10 bits per heavy atom. The van der Waals surface area contributed by atoms with Crippen LogP contribution in [0, 0.1) is 0 Å². The van der Waals surface area contributed by atoms with Crippen molar-refractivity contribution in [1.82, 2.24) is 20.2 Å². The van der Waals surface area contributed by atoms with Crippen molar-refractivity contribution in [1.29, 1.82) is 0 Å². The van der Waals surface area contributed by atoms with E-state index in [1.54, 1.807) is 0 Å². The zero-order chi connectivity index (χ0) is 14.7. The van der Waals surface area contributed by atoms with Gasteiger partial charge in [-0.3, -0.25) is 4.90 Å². The van der Waals surface area contributed by atoms with Crippen LogP contribution in [-0.2, 0) is 12.8 Å². The molecule has 1 aromatic rings. The topological polar surface area (TPSA) is 44.3 Å². The Bertz CT molecular complexity index is 447. The third-order valence-electron chi connectivity index (χ3n) is 4.66. The van der Waals surface area contributed by atoms with Crippen molar-refractivity contribution >= 4 is 5.95 Å². The van der Waals surface area contributed by atoms with E-state index in [9.17, 15) is 0 Å². The molecular formula is C16H27N5. The SMILES string of the molecule is CCc1cc(CC)nc(N2CCC(N3CCNCC3)C2)n1. The van der Waals surface area contributed by atoms with Gasteiger partial charge in [-0.25, -0.2) is 9.97 Å². The summed E-state index contributed by atoms with van der Waals surface area (Å²) in [6.07, 6.45) is 3.20. The molecule has 5 nitrogen and oxygen atoms in total. The molecule has 0 aliphatic carbocycles. The molecule has 3 heterocycles. The first kappa shape index (κ1) is 14.7. The third-order valence-corrected chi connectivity index (χ3v) is 4.66. The average Bonchev–Trinajstić information content (AvgIpc) is 3.05. The minimum absolute atomic E-state index is 0.672. The second kappa shape index (κ2) is 6.71. The van der Waals surface area contributed by atoms with Gasteiger partial charge < -0.3 is 10.2 Å². The van der Waals surface area contributed by atoms with Crippen LogP contribution in [-0.4, -0.2) is 60.2 Å². The molecule has 1 atom stereocenters. The highest BCUT2D eigenvalue weighted by atomic mass is 15.3. The Balaban J connectivity index is 1.70. The minimum atomic E-state index is 0.672. The maximum Gasteiger partial charge on any atom is 0.225 e. The number of anilines is 1. The van der Waals surface area contributed by atoms with Gasteiger partial charge >= 0.3 is 0 Å². The molecule has 116 valence electrons. The van der Waals surface area contributed by atoms with Crippen LogP contribution >= 0.6 is 0 Å². The highest BCUT2D eigenvalue weighted by molar-refractivity contribution is 5.35. The highest BCUT2D eigenvalue weighted by Crippen LogP contribution is 2.21. The minimum Gasteiger partial charge on any atom is -0.339 e. The van der Waals surface area contributed by atoms with Crippen molar-refractivity contribution in [3.05, 3.63) is 17.5 Å². The van der Waals surface area contributed by atoms with Gasteiger partial charge in [0.15, 0.2) is 0 Å². The predicted molar refractivity (Wildman–Crippen MR) is 85.8 cm³/mol. The molecule has 1 N–H and O–H groups in total. The standard InChI is InChI=1S/C16H27N5/c1-3-13-11-14(4-2)19-16(18-13)21-8-5-15(12-21)20-9-6-17-7-10-20/h11,15,17H,3-10,12H2,1-2H3. The van der Waals surface area contributed by atoms with Gasteiger partial charge in [-0.15, -0.1) is 0 Å². The number of nitrogens with zero attached hydrogens (tertiary/aromatic N) is 4. The summed E-state index contributed by atoms with van der Waals surface area (Å²) in [5, 5.41) is 3.43. The molecule has 2 aliphatic heterocycles. The van der Waals surface area contributed by atoms with Crippen LogP contribution in [0.5, 0.6) is 0 Å². The highest BCUT2D eigenvalue weighted by Gasteiger charge is 2.29. The van der Waals surface area contributed by atoms with E-state index < -0.39 is 0 Å². The van der Waals surface area contributed by atoms with Crippen molar-refractivity contribution in [2.75, 3.05) is 44.2 Å². The number of aryl methyl sites for hydroxylation is 2. The van der Waals surface area contributed by atoms with Crippen molar-refractivity contribution in [3.63, 3.8) is 0 Å². The molecule has 3 rings (SSSR count). The molecule has 2 aliphatic rings. The summed E-state index contributed by atoms with van der Waals surface area (Å²) in [5.74, 6) is 0.948. The maximum atomic E-state index is 4.75. The van der Waals surface area contributed by atoms with Gasteiger partial charge in [0.05, 0.1) is 0 Å². The summed E-state index contributed by atoms with van der Waals surface area (Å²) in [6, 6.07) is 2.82. The molecule has 2 saturated heterocycles. The van der Waals surface area contributed by atoms with Gasteiger partial charge in [0.1, 0.15) is 0 Å². The summed E-state index contributed by atoms with van der Waals surface area (Å²) in [5.41, 5.74) is 2.34. The fourth-order valence-corrected chi connectivity index (χ4v) is 3.31. The van der Waals surface area contributed by atoms with Gasteiger partial charge in [0.25, 0.3) is 0 Å². The quantitative estimate of drug-likeness (QED) is 0.899. The lowest BCUT2D eigenvalue weighted by Crippen LogP contribution is -2.49. The van der Waals surface area contributed by atoms with Crippen LogP contribution in [0.4, 0.5) is 5.95 Å². The first-order valence-electron chi connectivity index (χ1n) is 8.36. The Kier molecular flexibility index (Phi) is 4.70. The molecule has 1 aromatic heterocycles. The Morgan fingerprint density at radius 2 is 1.76 bits per heavy atom. The van der Waals surface area contributed by atoms with Crippen LogP contribution in [0.15, 0.2) is 6.07 Å². The van der Waals surface area contributed by atoms with E-state index in [1.807, 2.05) is 0 Å². The number of piperazine rings is 1. The summed E-state index contributed by atoms with van der Waals surface area (Å²) >= 11 is 0. The number of rotatable bonds is 4. The predicted octanol–water partition coefficient (Wildman–Crippen LogP) is 1.09. The van der Waals surface area contributed by atoms with E-state index in [0.717, 1.165) is 45.0 Å². The number of hydrogen-bond donors (Lipinski definition) is 1. The zero-order valence-corrected chi connectivity index (χ0v) is 13.3. The molecule has 0 aromatic carbocycles. The molecule has 1 unspecified atom stereocenters. The average molecular weight is 289 g/mol. The molecule has 21 heavy (non-hydrogen) atoms. The molecule has 0 amide bonds. The van der Waals surface area contributed by atoms with Crippen LogP contribution in [0.25, 0.3) is 0 Å². The molecule has 5 heteroatoms. The Morgan fingerprint density at radius 3 is 2.38 bits per heavy atom. The lowest BCUT2D eigenvalue weighted by molar-refractivity contribution is 0.185. The summed E-state index contributed by atoms with van der Waals surface area (Å²) < 4.78 is 0. The zero-order valence-electron chi connectivity index (χ0n) is 13.3. The lowest BCUT2D eigenvalue weighted by atomic mass is 10.2. The second-order valence-electron chi connectivity index (χ2n) is 6.03. The Labute approximate surface area is 127 Å². The summed E-state index contributed by atoms with van der Waals surface area (Å²) in [7, 11) is 0. The maximum absolute atomic E-state index is 4.75. The van der Waals surface area contributed by atoms with Gasteiger partial charge in [-0.05, 0) is 25.3 Å². The van der Waals surface area contributed by atoms with E-state index in [1.165, 1.54) is 30.9 Å². The molecular weight excluding hydrogens is 262 g/mol. The fraction of sp³-hybridized carbons (Fsp3) is 0.750. The van der Waals surface area contributed by atoms with Crippen LogP contribution < -0.4 is 10.2 Å². The molecule has 0 spiro atoms. The largest absolute Gasteiger partial charge is 0.339 e. The van der Waals surface area contributed by atoms with E-state index in [0.29, 0.717) is 6.04 Å². The smallest absolute Gasteiger partial charge is 0.225 e. The van der Waals surface area contributed by atoms with Crippen molar-refractivity contribution in [3.8, 4) is 0 Å². The van der Waals surface area contributed by atoms with E-state index in [2.05, 4.69) is 35.0 Å². The number of nitrogens with one attached hydrogen (secondary N) is 1. The lowest BCUT2D eigenvalue weighted by Gasteiger charge is -2.32. The monoisotopic (exact) mass is 289 g/mol. The number of aromatic nitrogens is 2. The van der Waals surface area contributed by atoms with E-state index >= 15 is 0 Å². The first-order valence-corrected chi connectivity index (χ1v) is 8.36. The van der Waals surface area contributed by atoms with E-state index in [4.69, 9.17) is 9.97 Å². The van der Waals surface area contributed by atoms with Crippen LogP contribution in [0.2, 0.25) is 0 Å². The molecule has 0 radical (unpaired) electrons. The first-order chi connectivity index (χ1) is 10.3. The van der Waals surface area contributed by atoms with Crippen molar-refractivity contribution in [2.24, 2.45) is 0 Å². The van der Waals surface area contributed by atoms with Crippen LogP contribution in [0.3, 0.4) is 0 Å². The van der Waals surface area contributed by atoms with E-state index in [-0.39, 0.29) is 0 Å². The van der Waals surface area contributed by atoms with Gasteiger partial charge in [0, 0.05) is 56.7 Å². The fourth-order valence-electron chi connectivity index (χ4n) is 3.31. The van der Waals surface area contributed by atoms with Crippen LogP contribution in [0.1, 0.15) is 31.7 Å². The molecule has 0 bridgehead atoms. The van der Waals surface area contributed by atoms with Crippen molar-refractivity contribution < 1.29 is 0 Å². The normalized spacial score (nSPS) is 23.7. The van der Waals surface area contributed by atoms with Gasteiger partial charge in [0.2, 0.25) is 5.95 Å². The molecule has 0 saturated carbocycles. The van der Waals surface area contributed by atoms with Gasteiger partial charge in [-0.1, -0.05) is 13.8 Å². The van der Waals surface area contributed by atoms with Gasteiger partial charge in [-0.2, -0.15) is 0 Å². The Hall–Kier alpha value is -1.20.